The number of carbonyl (C=O) groups is 1. The summed E-state index contributed by atoms with van der Waals surface area (Å²) in [7, 11) is 1.20. The first kappa shape index (κ1) is 13.9. The molecule has 0 bridgehead atoms. The summed E-state index contributed by atoms with van der Waals surface area (Å²) in [4.78, 5) is 21.2. The molecule has 0 fully saturated rings. The molecule has 0 heterocycles. The van der Waals surface area contributed by atoms with E-state index in [2.05, 4.69) is 4.74 Å². The van der Waals surface area contributed by atoms with Crippen molar-refractivity contribution in [1.82, 2.24) is 0 Å². The minimum atomic E-state index is -0.630. The molecule has 7 nitrogen and oxygen atoms in total. The van der Waals surface area contributed by atoms with Crippen LogP contribution in [0.25, 0.3) is 0 Å². The largest absolute Gasteiger partial charge is 0.475 e. The van der Waals surface area contributed by atoms with Crippen LogP contribution in [0.1, 0.15) is 11.1 Å². The second-order valence-corrected chi connectivity index (χ2v) is 3.54. The highest BCUT2D eigenvalue weighted by atomic mass is 16.6. The summed E-state index contributed by atoms with van der Waals surface area (Å²) in [5.41, 5.74) is 0.588. The van der Waals surface area contributed by atoms with Gasteiger partial charge in [-0.05, 0) is 24.1 Å². The third kappa shape index (κ3) is 3.17. The van der Waals surface area contributed by atoms with Gasteiger partial charge < -0.3 is 14.6 Å². The summed E-state index contributed by atoms with van der Waals surface area (Å²) < 4.78 is 9.47. The highest BCUT2D eigenvalue weighted by Gasteiger charge is 2.20. The van der Waals surface area contributed by atoms with Gasteiger partial charge in [0.2, 0.25) is 5.75 Å². The molecular weight excluding hydrogens is 242 g/mol. The van der Waals surface area contributed by atoms with Crippen LogP contribution in [-0.2, 0) is 16.1 Å². The summed E-state index contributed by atoms with van der Waals surface area (Å²) in [5, 5.41) is 19.9. The quantitative estimate of drug-likeness (QED) is 0.477. The molecule has 1 N–H and O–H groups in total. The lowest BCUT2D eigenvalue weighted by molar-refractivity contribution is -0.386. The van der Waals surface area contributed by atoms with E-state index in [9.17, 15) is 14.9 Å². The first-order valence-corrected chi connectivity index (χ1v) is 5.08. The molecule has 0 unspecified atom stereocenters. The number of hydrogen-bond acceptors (Lipinski definition) is 6. The molecule has 0 spiro atoms. The zero-order valence-electron chi connectivity index (χ0n) is 10.0. The predicted molar refractivity (Wildman–Crippen MR) is 61.3 cm³/mol. The van der Waals surface area contributed by atoms with Crippen LogP contribution in [-0.4, -0.2) is 29.7 Å². The van der Waals surface area contributed by atoms with Crippen LogP contribution in [0.15, 0.2) is 12.1 Å². The first-order chi connectivity index (χ1) is 8.49. The third-order valence-corrected chi connectivity index (χ3v) is 2.26. The Kier molecular flexibility index (Phi) is 4.61. The molecule has 0 amide bonds. The van der Waals surface area contributed by atoms with Crippen LogP contribution in [0.5, 0.6) is 5.75 Å². The monoisotopic (exact) mass is 255 g/mol. The fraction of sp³-hybridized carbons (Fsp3) is 0.364. The third-order valence-electron chi connectivity index (χ3n) is 2.26. The minimum Gasteiger partial charge on any atom is -0.475 e. The van der Waals surface area contributed by atoms with E-state index in [0.717, 1.165) is 0 Å². The van der Waals surface area contributed by atoms with Gasteiger partial charge in [0.05, 0.1) is 18.6 Å². The molecule has 0 saturated heterocycles. The number of nitrogens with zero attached hydrogens (tertiary/aromatic N) is 1. The summed E-state index contributed by atoms with van der Waals surface area (Å²) in [6.45, 7) is 0.883. The Labute approximate surface area is 103 Å². The van der Waals surface area contributed by atoms with E-state index in [1.54, 1.807) is 13.0 Å². The van der Waals surface area contributed by atoms with Gasteiger partial charge in [-0.2, -0.15) is 0 Å². The van der Waals surface area contributed by atoms with E-state index < -0.39 is 17.5 Å². The van der Waals surface area contributed by atoms with E-state index in [-0.39, 0.29) is 18.0 Å². The number of nitro groups is 1. The molecule has 0 aromatic heterocycles. The highest BCUT2D eigenvalue weighted by Crippen LogP contribution is 2.32. The first-order valence-electron chi connectivity index (χ1n) is 5.08. The standard InChI is InChI=1S/C11H13NO6/c1-7-3-8(5-13)4-9(12(15)16)11(7)18-6-10(14)17-2/h3-4,13H,5-6H2,1-2H3. The van der Waals surface area contributed by atoms with Gasteiger partial charge in [0.25, 0.3) is 0 Å². The Bertz CT molecular complexity index is 471. The van der Waals surface area contributed by atoms with Gasteiger partial charge in [0, 0.05) is 6.07 Å². The van der Waals surface area contributed by atoms with Crippen LogP contribution >= 0.6 is 0 Å². The lowest BCUT2D eigenvalue weighted by atomic mass is 10.1. The summed E-state index contributed by atoms with van der Waals surface area (Å²) in [6.07, 6.45) is 0. The molecule has 98 valence electrons. The van der Waals surface area contributed by atoms with Crippen molar-refractivity contribution in [3.8, 4) is 5.75 Å². The van der Waals surface area contributed by atoms with Crippen molar-refractivity contribution in [2.75, 3.05) is 13.7 Å². The number of rotatable bonds is 5. The zero-order chi connectivity index (χ0) is 13.7. The van der Waals surface area contributed by atoms with Gasteiger partial charge in [-0.25, -0.2) is 4.79 Å². The summed E-state index contributed by atoms with van der Waals surface area (Å²) >= 11 is 0. The number of aliphatic hydroxyl groups excluding tert-OH is 1. The molecule has 1 aromatic carbocycles. The smallest absolute Gasteiger partial charge is 0.343 e. The summed E-state index contributed by atoms with van der Waals surface area (Å²) in [6, 6.07) is 2.76. The number of benzene rings is 1. The van der Waals surface area contributed by atoms with Gasteiger partial charge in [-0.1, -0.05) is 0 Å². The Morgan fingerprint density at radius 1 is 1.50 bits per heavy atom. The van der Waals surface area contributed by atoms with Crippen molar-refractivity contribution in [1.29, 1.82) is 0 Å². The molecule has 0 aliphatic rings. The van der Waals surface area contributed by atoms with Gasteiger partial charge in [-0.15, -0.1) is 0 Å². The molecule has 0 radical (unpaired) electrons. The maximum Gasteiger partial charge on any atom is 0.343 e. The zero-order valence-corrected chi connectivity index (χ0v) is 10.0. The SMILES string of the molecule is COC(=O)COc1c(C)cc(CO)cc1[N+](=O)[O-]. The number of hydrogen-bond donors (Lipinski definition) is 1. The Morgan fingerprint density at radius 2 is 2.17 bits per heavy atom. The average Bonchev–Trinajstić information content (AvgIpc) is 2.35. The minimum absolute atomic E-state index is 0.00241. The number of ether oxygens (including phenoxy) is 2. The maximum absolute atomic E-state index is 10.9. The van der Waals surface area contributed by atoms with Crippen LogP contribution in [0, 0.1) is 17.0 Å². The van der Waals surface area contributed by atoms with Crippen LogP contribution < -0.4 is 4.74 Å². The van der Waals surface area contributed by atoms with Crippen LogP contribution in [0.2, 0.25) is 0 Å². The fourth-order valence-corrected chi connectivity index (χ4v) is 1.43. The summed E-state index contributed by atoms with van der Waals surface area (Å²) in [5.74, 6) is -0.627. The number of nitro benzene ring substituents is 1. The Hall–Kier alpha value is -2.15. The van der Waals surface area contributed by atoms with Crippen molar-refractivity contribution in [3.63, 3.8) is 0 Å². The number of methoxy groups -OCH3 is 1. The van der Waals surface area contributed by atoms with Gasteiger partial charge >= 0.3 is 11.7 Å². The molecule has 0 saturated carbocycles. The van der Waals surface area contributed by atoms with Crippen LogP contribution in [0.4, 0.5) is 5.69 Å². The fourth-order valence-electron chi connectivity index (χ4n) is 1.43. The average molecular weight is 255 g/mol. The predicted octanol–water partition coefficient (Wildman–Crippen LogP) is 0.947. The topological polar surface area (TPSA) is 98.9 Å². The van der Waals surface area contributed by atoms with E-state index in [1.807, 2.05) is 0 Å². The van der Waals surface area contributed by atoms with Crippen molar-refractivity contribution >= 4 is 11.7 Å². The van der Waals surface area contributed by atoms with E-state index in [4.69, 9.17) is 9.84 Å². The van der Waals surface area contributed by atoms with E-state index in [1.165, 1.54) is 13.2 Å². The van der Waals surface area contributed by atoms with Crippen molar-refractivity contribution in [3.05, 3.63) is 33.4 Å². The van der Waals surface area contributed by atoms with Gasteiger partial charge in [0.1, 0.15) is 0 Å². The number of aliphatic hydroxyl groups is 1. The highest BCUT2D eigenvalue weighted by molar-refractivity contribution is 5.71. The lowest BCUT2D eigenvalue weighted by Crippen LogP contribution is -2.14. The van der Waals surface area contributed by atoms with E-state index >= 15 is 0 Å². The second kappa shape index (κ2) is 5.97. The number of aryl methyl sites for hydroxylation is 1. The molecule has 18 heavy (non-hydrogen) atoms. The van der Waals surface area contributed by atoms with Crippen molar-refractivity contribution < 1.29 is 24.3 Å². The second-order valence-electron chi connectivity index (χ2n) is 3.54. The van der Waals surface area contributed by atoms with E-state index in [0.29, 0.717) is 11.1 Å². The molecule has 0 aliphatic carbocycles. The van der Waals surface area contributed by atoms with Crippen LogP contribution in [0.3, 0.4) is 0 Å². The van der Waals surface area contributed by atoms with Crippen molar-refractivity contribution in [2.24, 2.45) is 0 Å². The molecular formula is C11H13NO6. The Morgan fingerprint density at radius 3 is 2.67 bits per heavy atom. The Balaban J connectivity index is 3.08. The number of carbonyl (C=O) groups excluding carboxylic acids is 1. The molecule has 0 atom stereocenters. The molecule has 0 aliphatic heterocycles. The maximum atomic E-state index is 10.9. The number of esters is 1. The normalized spacial score (nSPS) is 9.94. The van der Waals surface area contributed by atoms with Gasteiger partial charge in [0.15, 0.2) is 6.61 Å². The molecule has 1 rings (SSSR count). The molecule has 7 heteroatoms. The lowest BCUT2D eigenvalue weighted by Gasteiger charge is -2.09. The van der Waals surface area contributed by atoms with Gasteiger partial charge in [-0.3, -0.25) is 10.1 Å². The molecule has 1 aromatic rings. The van der Waals surface area contributed by atoms with Crippen molar-refractivity contribution in [2.45, 2.75) is 13.5 Å².